The van der Waals surface area contributed by atoms with Crippen LogP contribution < -0.4 is 14.8 Å². The SMILES string of the molecule is COc1ccc([C@H](C)NC(=O)Cc2cccn2-c2ccc(F)cc2)cc1OC. The van der Waals surface area contributed by atoms with Crippen molar-refractivity contribution < 1.29 is 18.7 Å². The van der Waals surface area contributed by atoms with Gasteiger partial charge in [0.1, 0.15) is 5.82 Å². The lowest BCUT2D eigenvalue weighted by molar-refractivity contribution is -0.121. The standard InChI is InChI=1S/C22H23FN2O3/c1-15(16-6-11-20(27-2)21(13-16)28-3)24-22(26)14-19-5-4-12-25(19)18-9-7-17(23)8-10-18/h4-13,15H,14H2,1-3H3,(H,24,26)/t15-/m0/s1. The van der Waals surface area contributed by atoms with Crippen LogP contribution in [0.4, 0.5) is 4.39 Å². The van der Waals surface area contributed by atoms with Crippen molar-refractivity contribution in [2.24, 2.45) is 0 Å². The highest BCUT2D eigenvalue weighted by Crippen LogP contribution is 2.29. The molecule has 1 atom stereocenters. The molecule has 0 radical (unpaired) electrons. The zero-order valence-electron chi connectivity index (χ0n) is 16.1. The van der Waals surface area contributed by atoms with Gasteiger partial charge in [-0.3, -0.25) is 4.79 Å². The van der Waals surface area contributed by atoms with E-state index >= 15 is 0 Å². The third-order valence-electron chi connectivity index (χ3n) is 4.56. The van der Waals surface area contributed by atoms with E-state index in [1.807, 2.05) is 48.0 Å². The van der Waals surface area contributed by atoms with E-state index in [-0.39, 0.29) is 24.2 Å². The Balaban J connectivity index is 1.69. The summed E-state index contributed by atoms with van der Waals surface area (Å²) >= 11 is 0. The maximum absolute atomic E-state index is 13.2. The summed E-state index contributed by atoms with van der Waals surface area (Å²) in [6, 6.07) is 15.3. The van der Waals surface area contributed by atoms with Crippen molar-refractivity contribution in [2.75, 3.05) is 14.2 Å². The molecule has 1 heterocycles. The van der Waals surface area contributed by atoms with Crippen molar-refractivity contribution in [1.29, 1.82) is 0 Å². The number of methoxy groups -OCH3 is 2. The smallest absolute Gasteiger partial charge is 0.226 e. The van der Waals surface area contributed by atoms with Gasteiger partial charge in [0, 0.05) is 17.6 Å². The van der Waals surface area contributed by atoms with Gasteiger partial charge in [0.25, 0.3) is 0 Å². The van der Waals surface area contributed by atoms with Gasteiger partial charge >= 0.3 is 0 Å². The van der Waals surface area contributed by atoms with Gasteiger partial charge in [-0.15, -0.1) is 0 Å². The molecule has 0 aliphatic carbocycles. The summed E-state index contributed by atoms with van der Waals surface area (Å²) in [5.74, 6) is 0.858. The van der Waals surface area contributed by atoms with Crippen molar-refractivity contribution in [3.8, 4) is 17.2 Å². The normalized spacial score (nSPS) is 11.7. The summed E-state index contributed by atoms with van der Waals surface area (Å²) in [4.78, 5) is 12.6. The van der Waals surface area contributed by atoms with Crippen LogP contribution >= 0.6 is 0 Å². The van der Waals surface area contributed by atoms with Crippen molar-refractivity contribution in [3.63, 3.8) is 0 Å². The highest BCUT2D eigenvalue weighted by Gasteiger charge is 2.15. The second-order valence-electron chi connectivity index (χ2n) is 6.43. The third-order valence-corrected chi connectivity index (χ3v) is 4.56. The monoisotopic (exact) mass is 382 g/mol. The molecule has 3 aromatic rings. The van der Waals surface area contributed by atoms with Crippen LogP contribution in [0.2, 0.25) is 0 Å². The predicted octanol–water partition coefficient (Wildman–Crippen LogP) is 4.05. The number of rotatable bonds is 7. The third kappa shape index (κ3) is 4.34. The molecular formula is C22H23FN2O3. The first-order valence-electron chi connectivity index (χ1n) is 8.95. The molecular weight excluding hydrogens is 359 g/mol. The molecule has 1 amide bonds. The average molecular weight is 382 g/mol. The van der Waals surface area contributed by atoms with E-state index in [1.54, 1.807) is 26.4 Å². The van der Waals surface area contributed by atoms with E-state index in [1.165, 1.54) is 12.1 Å². The lowest BCUT2D eigenvalue weighted by atomic mass is 10.1. The minimum Gasteiger partial charge on any atom is -0.493 e. The van der Waals surface area contributed by atoms with E-state index < -0.39 is 0 Å². The number of carbonyl (C=O) groups excluding carboxylic acids is 1. The maximum atomic E-state index is 13.2. The quantitative estimate of drug-likeness (QED) is 0.671. The Morgan fingerprint density at radius 2 is 1.79 bits per heavy atom. The van der Waals surface area contributed by atoms with E-state index in [0.717, 1.165) is 16.9 Å². The van der Waals surface area contributed by atoms with Crippen LogP contribution in [0.5, 0.6) is 11.5 Å². The minimum absolute atomic E-state index is 0.107. The number of hydrogen-bond acceptors (Lipinski definition) is 3. The molecule has 0 saturated carbocycles. The number of aromatic nitrogens is 1. The lowest BCUT2D eigenvalue weighted by Crippen LogP contribution is -2.28. The maximum Gasteiger partial charge on any atom is 0.226 e. The van der Waals surface area contributed by atoms with Gasteiger partial charge in [-0.2, -0.15) is 0 Å². The number of nitrogens with zero attached hydrogens (tertiary/aromatic N) is 1. The number of ether oxygens (including phenoxy) is 2. The van der Waals surface area contributed by atoms with E-state index in [9.17, 15) is 9.18 Å². The molecule has 0 aliphatic rings. The first-order valence-corrected chi connectivity index (χ1v) is 8.95. The van der Waals surface area contributed by atoms with Gasteiger partial charge in [0.05, 0.1) is 26.7 Å². The molecule has 1 aromatic heterocycles. The van der Waals surface area contributed by atoms with Crippen LogP contribution in [0.25, 0.3) is 5.69 Å². The topological polar surface area (TPSA) is 52.5 Å². The molecule has 0 aliphatic heterocycles. The minimum atomic E-state index is -0.293. The molecule has 0 spiro atoms. The predicted molar refractivity (Wildman–Crippen MR) is 106 cm³/mol. The Hall–Kier alpha value is -3.28. The molecule has 6 heteroatoms. The molecule has 1 N–H and O–H groups in total. The molecule has 0 fully saturated rings. The zero-order valence-corrected chi connectivity index (χ0v) is 16.1. The van der Waals surface area contributed by atoms with Crippen molar-refractivity contribution >= 4 is 5.91 Å². The van der Waals surface area contributed by atoms with Gasteiger partial charge in [0.2, 0.25) is 5.91 Å². The number of halogens is 1. The summed E-state index contributed by atoms with van der Waals surface area (Å²) in [7, 11) is 3.16. The Morgan fingerprint density at radius 1 is 1.07 bits per heavy atom. The molecule has 146 valence electrons. The summed E-state index contributed by atoms with van der Waals surface area (Å²) in [5.41, 5.74) is 2.55. The fourth-order valence-corrected chi connectivity index (χ4v) is 3.08. The number of hydrogen-bond donors (Lipinski definition) is 1. The van der Waals surface area contributed by atoms with Crippen LogP contribution in [-0.4, -0.2) is 24.7 Å². The van der Waals surface area contributed by atoms with E-state index in [2.05, 4.69) is 5.32 Å². The van der Waals surface area contributed by atoms with Crippen LogP contribution in [0.3, 0.4) is 0 Å². The Labute approximate surface area is 163 Å². The molecule has 3 rings (SSSR count). The Bertz CT molecular complexity index is 951. The highest BCUT2D eigenvalue weighted by atomic mass is 19.1. The van der Waals surface area contributed by atoms with Gasteiger partial charge < -0.3 is 19.4 Å². The lowest BCUT2D eigenvalue weighted by Gasteiger charge is -2.17. The second kappa shape index (κ2) is 8.61. The van der Waals surface area contributed by atoms with Gasteiger partial charge in [0.15, 0.2) is 11.5 Å². The van der Waals surface area contributed by atoms with Gasteiger partial charge in [-0.25, -0.2) is 4.39 Å². The Morgan fingerprint density at radius 3 is 2.46 bits per heavy atom. The second-order valence-corrected chi connectivity index (χ2v) is 6.43. The van der Waals surface area contributed by atoms with Crippen molar-refractivity contribution in [1.82, 2.24) is 9.88 Å². The fourth-order valence-electron chi connectivity index (χ4n) is 3.08. The van der Waals surface area contributed by atoms with Crippen molar-refractivity contribution in [3.05, 3.63) is 77.9 Å². The van der Waals surface area contributed by atoms with Crippen LogP contribution in [-0.2, 0) is 11.2 Å². The van der Waals surface area contributed by atoms with E-state index in [4.69, 9.17) is 9.47 Å². The molecule has 5 nitrogen and oxygen atoms in total. The van der Waals surface area contributed by atoms with Gasteiger partial charge in [-0.1, -0.05) is 6.07 Å². The Kier molecular flexibility index (Phi) is 5.99. The largest absolute Gasteiger partial charge is 0.493 e. The zero-order chi connectivity index (χ0) is 20.1. The fraction of sp³-hybridized carbons (Fsp3) is 0.227. The molecule has 0 bridgehead atoms. The number of carbonyl (C=O) groups is 1. The van der Waals surface area contributed by atoms with Crippen molar-refractivity contribution in [2.45, 2.75) is 19.4 Å². The molecule has 0 unspecified atom stereocenters. The first kappa shape index (κ1) is 19.5. The first-order chi connectivity index (χ1) is 13.5. The number of nitrogens with one attached hydrogen (secondary N) is 1. The van der Waals surface area contributed by atoms with Crippen LogP contribution in [0, 0.1) is 5.82 Å². The van der Waals surface area contributed by atoms with Crippen LogP contribution in [0.1, 0.15) is 24.2 Å². The molecule has 28 heavy (non-hydrogen) atoms. The molecule has 0 saturated heterocycles. The summed E-state index contributed by atoms with van der Waals surface area (Å²) in [6.07, 6.45) is 2.07. The summed E-state index contributed by atoms with van der Waals surface area (Å²) in [5, 5.41) is 3.00. The number of benzene rings is 2. The van der Waals surface area contributed by atoms with E-state index in [0.29, 0.717) is 11.5 Å². The summed E-state index contributed by atoms with van der Waals surface area (Å²) in [6.45, 7) is 1.91. The average Bonchev–Trinajstić information content (AvgIpc) is 3.15. The van der Waals surface area contributed by atoms with Gasteiger partial charge in [-0.05, 0) is 61.0 Å². The highest BCUT2D eigenvalue weighted by molar-refractivity contribution is 5.78. The molecule has 2 aromatic carbocycles. The number of amides is 1. The summed E-state index contributed by atoms with van der Waals surface area (Å²) < 4.78 is 25.6. The van der Waals surface area contributed by atoms with Crippen LogP contribution in [0.15, 0.2) is 60.8 Å².